The van der Waals surface area contributed by atoms with Gasteiger partial charge in [-0.2, -0.15) is 0 Å². The summed E-state index contributed by atoms with van der Waals surface area (Å²) < 4.78 is 33.0. The summed E-state index contributed by atoms with van der Waals surface area (Å²) >= 11 is 1.34. The van der Waals surface area contributed by atoms with Gasteiger partial charge in [0, 0.05) is 23.2 Å². The Kier molecular flexibility index (Phi) is 3.42. The maximum absolute atomic E-state index is 13.4. The summed E-state index contributed by atoms with van der Waals surface area (Å²) in [6.07, 6.45) is 0. The lowest BCUT2D eigenvalue weighted by Crippen LogP contribution is -2.16. The molecule has 0 spiro atoms. The zero-order chi connectivity index (χ0) is 15.0. The molecule has 0 aliphatic heterocycles. The van der Waals surface area contributed by atoms with Gasteiger partial charge in [0.25, 0.3) is 5.56 Å². The maximum atomic E-state index is 13.4. The molecule has 0 saturated carbocycles. The summed E-state index contributed by atoms with van der Waals surface area (Å²) in [6.45, 7) is 1.75. The molecule has 0 N–H and O–H groups in total. The summed E-state index contributed by atoms with van der Waals surface area (Å²) in [5.41, 5.74) is 0.993. The maximum Gasteiger partial charge on any atom is 0.259 e. The molecule has 0 bridgehead atoms. The van der Waals surface area contributed by atoms with Crippen LogP contribution in [0.3, 0.4) is 0 Å². The monoisotopic (exact) mass is 308 g/mol. The third-order valence-corrected chi connectivity index (χ3v) is 3.84. The number of hydrogen-bond acceptors (Lipinski definition) is 4. The number of ether oxygens (including phenoxy) is 1. The topological polar surface area (TPSA) is 43.6 Å². The fourth-order valence-electron chi connectivity index (χ4n) is 1.92. The number of hydrogen-bond donors (Lipinski definition) is 0. The van der Waals surface area contributed by atoms with Crippen molar-refractivity contribution in [2.24, 2.45) is 0 Å². The van der Waals surface area contributed by atoms with Crippen molar-refractivity contribution in [2.45, 2.75) is 13.5 Å². The Balaban J connectivity index is 1.87. The minimum absolute atomic E-state index is 0.0642. The quantitative estimate of drug-likeness (QED) is 0.747. The molecule has 0 aliphatic rings. The van der Waals surface area contributed by atoms with Gasteiger partial charge in [-0.25, -0.2) is 13.8 Å². The van der Waals surface area contributed by atoms with Crippen molar-refractivity contribution in [1.29, 1.82) is 0 Å². The lowest BCUT2D eigenvalue weighted by molar-refractivity contribution is 0.285. The summed E-state index contributed by atoms with van der Waals surface area (Å²) in [4.78, 5) is 16.8. The van der Waals surface area contributed by atoms with E-state index < -0.39 is 11.6 Å². The summed E-state index contributed by atoms with van der Waals surface area (Å²) in [5.74, 6) is -1.55. The van der Waals surface area contributed by atoms with Crippen LogP contribution in [0.1, 0.15) is 11.4 Å². The van der Waals surface area contributed by atoms with Crippen LogP contribution in [0, 0.1) is 18.6 Å². The van der Waals surface area contributed by atoms with E-state index in [1.807, 2.05) is 12.3 Å². The van der Waals surface area contributed by atoms with Crippen LogP contribution in [0.2, 0.25) is 0 Å². The van der Waals surface area contributed by atoms with Gasteiger partial charge in [0.2, 0.25) is 0 Å². The number of aromatic nitrogens is 2. The molecule has 0 saturated heterocycles. The summed E-state index contributed by atoms with van der Waals surface area (Å²) in [6, 6.07) is 4.38. The zero-order valence-corrected chi connectivity index (χ0v) is 11.8. The number of aryl methyl sites for hydroxylation is 1. The normalized spacial score (nSPS) is 11.0. The Morgan fingerprint density at radius 3 is 2.90 bits per heavy atom. The molecule has 0 amide bonds. The first-order valence-electron chi connectivity index (χ1n) is 6.09. The van der Waals surface area contributed by atoms with Crippen LogP contribution in [0.25, 0.3) is 4.96 Å². The molecular formula is C14H10F2N2O2S. The third kappa shape index (κ3) is 2.64. The second kappa shape index (κ2) is 5.25. The molecule has 3 aromatic rings. The second-order valence-electron chi connectivity index (χ2n) is 4.44. The van der Waals surface area contributed by atoms with E-state index in [4.69, 9.17) is 4.74 Å². The minimum atomic E-state index is -0.792. The first-order chi connectivity index (χ1) is 10.0. The Bertz CT molecular complexity index is 873. The molecule has 2 heterocycles. The van der Waals surface area contributed by atoms with Gasteiger partial charge in [0.05, 0.1) is 5.69 Å². The molecule has 0 unspecified atom stereocenters. The lowest BCUT2D eigenvalue weighted by atomic mass is 10.3. The molecular weight excluding hydrogens is 298 g/mol. The van der Waals surface area contributed by atoms with E-state index in [1.54, 1.807) is 0 Å². The second-order valence-corrected chi connectivity index (χ2v) is 5.28. The predicted octanol–water partition coefficient (Wildman–Crippen LogP) is 2.92. The van der Waals surface area contributed by atoms with Crippen LogP contribution in [-0.4, -0.2) is 9.38 Å². The summed E-state index contributed by atoms with van der Waals surface area (Å²) in [5, 5.41) is 1.83. The van der Waals surface area contributed by atoms with Crippen molar-refractivity contribution in [3.63, 3.8) is 0 Å². The van der Waals surface area contributed by atoms with E-state index in [-0.39, 0.29) is 17.9 Å². The predicted molar refractivity (Wildman–Crippen MR) is 74.8 cm³/mol. The molecule has 108 valence electrons. The van der Waals surface area contributed by atoms with Crippen molar-refractivity contribution in [1.82, 2.24) is 9.38 Å². The van der Waals surface area contributed by atoms with Crippen molar-refractivity contribution in [3.8, 4) is 5.75 Å². The van der Waals surface area contributed by atoms with Crippen LogP contribution in [0.4, 0.5) is 8.78 Å². The largest absolute Gasteiger partial charge is 0.484 e. The van der Waals surface area contributed by atoms with E-state index in [2.05, 4.69) is 4.98 Å². The van der Waals surface area contributed by atoms with E-state index in [0.717, 1.165) is 17.8 Å². The molecule has 0 aliphatic carbocycles. The number of fused-ring (bicyclic) bond motifs is 1. The average molecular weight is 308 g/mol. The Morgan fingerprint density at radius 2 is 2.14 bits per heavy atom. The highest BCUT2D eigenvalue weighted by Gasteiger charge is 2.09. The highest BCUT2D eigenvalue weighted by atomic mass is 32.1. The number of benzene rings is 1. The van der Waals surface area contributed by atoms with Gasteiger partial charge in [0.15, 0.2) is 16.5 Å². The van der Waals surface area contributed by atoms with Gasteiger partial charge in [-0.1, -0.05) is 0 Å². The fraction of sp³-hybridized carbons (Fsp3) is 0.143. The smallest absolute Gasteiger partial charge is 0.259 e. The van der Waals surface area contributed by atoms with Crippen LogP contribution >= 0.6 is 11.3 Å². The van der Waals surface area contributed by atoms with E-state index in [0.29, 0.717) is 10.7 Å². The van der Waals surface area contributed by atoms with Crippen LogP contribution in [0.15, 0.2) is 34.4 Å². The van der Waals surface area contributed by atoms with Gasteiger partial charge in [-0.3, -0.25) is 9.20 Å². The number of thiazole rings is 1. The Hall–Kier alpha value is -2.28. The van der Waals surface area contributed by atoms with Crippen LogP contribution in [0.5, 0.6) is 5.75 Å². The third-order valence-electron chi connectivity index (χ3n) is 2.90. The van der Waals surface area contributed by atoms with E-state index >= 15 is 0 Å². The molecule has 21 heavy (non-hydrogen) atoms. The minimum Gasteiger partial charge on any atom is -0.484 e. The van der Waals surface area contributed by atoms with Crippen molar-refractivity contribution in [2.75, 3.05) is 0 Å². The van der Waals surface area contributed by atoms with Gasteiger partial charge < -0.3 is 4.74 Å². The molecule has 0 atom stereocenters. The van der Waals surface area contributed by atoms with Crippen LogP contribution in [-0.2, 0) is 6.61 Å². The molecule has 1 aromatic carbocycles. The average Bonchev–Trinajstić information content (AvgIpc) is 2.80. The first-order valence-corrected chi connectivity index (χ1v) is 6.97. The standard InChI is InChI=1S/C14H10F2N2O2S/c1-8-7-21-14-17-10(5-13(19)18(8)14)6-20-12-3-2-9(15)4-11(12)16/h2-5,7H,6H2,1H3. The number of rotatable bonds is 3. The lowest BCUT2D eigenvalue weighted by Gasteiger charge is -2.07. The first kappa shape index (κ1) is 13.7. The summed E-state index contributed by atoms with van der Waals surface area (Å²) in [7, 11) is 0. The molecule has 2 aromatic heterocycles. The molecule has 7 heteroatoms. The zero-order valence-electron chi connectivity index (χ0n) is 11.0. The highest BCUT2D eigenvalue weighted by molar-refractivity contribution is 7.15. The van der Waals surface area contributed by atoms with Crippen molar-refractivity contribution < 1.29 is 13.5 Å². The van der Waals surface area contributed by atoms with Gasteiger partial charge in [-0.05, 0) is 19.1 Å². The van der Waals surface area contributed by atoms with Crippen molar-refractivity contribution >= 4 is 16.3 Å². The number of halogens is 2. The van der Waals surface area contributed by atoms with Gasteiger partial charge in [0.1, 0.15) is 12.4 Å². The SMILES string of the molecule is Cc1csc2nc(COc3ccc(F)cc3F)cc(=O)n12. The van der Waals surface area contributed by atoms with E-state index in [1.165, 1.54) is 27.9 Å². The van der Waals surface area contributed by atoms with E-state index in [9.17, 15) is 13.6 Å². The van der Waals surface area contributed by atoms with Gasteiger partial charge in [-0.15, -0.1) is 11.3 Å². The Morgan fingerprint density at radius 1 is 1.33 bits per heavy atom. The highest BCUT2D eigenvalue weighted by Crippen LogP contribution is 2.19. The van der Waals surface area contributed by atoms with Crippen molar-refractivity contribution in [3.05, 3.63) is 63.0 Å². The molecule has 0 fully saturated rings. The molecule has 3 rings (SSSR count). The molecule has 4 nitrogen and oxygen atoms in total. The fourth-order valence-corrected chi connectivity index (χ4v) is 2.81. The Labute approximate surface area is 122 Å². The molecule has 0 radical (unpaired) electrons. The van der Waals surface area contributed by atoms with Crippen LogP contribution < -0.4 is 10.3 Å². The number of nitrogens with zero attached hydrogens (tertiary/aromatic N) is 2. The van der Waals surface area contributed by atoms with Gasteiger partial charge >= 0.3 is 0 Å².